The number of esters is 1. The molecule has 0 unspecified atom stereocenters. The van der Waals surface area contributed by atoms with Crippen molar-refractivity contribution in [2.75, 3.05) is 0 Å². The molecule has 2 rings (SSSR count). The van der Waals surface area contributed by atoms with E-state index in [1.54, 1.807) is 6.92 Å². The van der Waals surface area contributed by atoms with Gasteiger partial charge in [-0.1, -0.05) is 12.8 Å². The standard InChI is InChI=1S/C12H20O2/c1-10(13)14-12(8-4-5-9-12)11-6-2-3-7-11/h11H,2-9H2,1H3. The normalized spacial score (nSPS) is 26.6. The van der Waals surface area contributed by atoms with Gasteiger partial charge in [0.1, 0.15) is 5.60 Å². The molecule has 2 fully saturated rings. The predicted octanol–water partition coefficient (Wildman–Crippen LogP) is 3.05. The van der Waals surface area contributed by atoms with Gasteiger partial charge in [0.25, 0.3) is 0 Å². The lowest BCUT2D eigenvalue weighted by Crippen LogP contribution is -2.38. The molecule has 2 aliphatic rings. The number of hydrogen-bond donors (Lipinski definition) is 0. The fourth-order valence-electron chi connectivity index (χ4n) is 3.31. The summed E-state index contributed by atoms with van der Waals surface area (Å²) in [7, 11) is 0. The summed E-state index contributed by atoms with van der Waals surface area (Å²) in [4.78, 5) is 11.1. The molecule has 0 aromatic rings. The van der Waals surface area contributed by atoms with Crippen LogP contribution in [0, 0.1) is 5.92 Å². The first-order chi connectivity index (χ1) is 6.73. The molecule has 0 radical (unpaired) electrons. The molecule has 0 spiro atoms. The van der Waals surface area contributed by atoms with Gasteiger partial charge in [-0.25, -0.2) is 0 Å². The van der Waals surface area contributed by atoms with E-state index in [-0.39, 0.29) is 11.6 Å². The summed E-state index contributed by atoms with van der Waals surface area (Å²) >= 11 is 0. The molecule has 2 heteroatoms. The van der Waals surface area contributed by atoms with E-state index in [0.29, 0.717) is 5.92 Å². The Balaban J connectivity index is 2.08. The van der Waals surface area contributed by atoms with Gasteiger partial charge >= 0.3 is 5.97 Å². The molecule has 0 amide bonds. The highest BCUT2D eigenvalue weighted by atomic mass is 16.6. The van der Waals surface area contributed by atoms with Crippen molar-refractivity contribution < 1.29 is 9.53 Å². The first-order valence-electron chi connectivity index (χ1n) is 5.92. The summed E-state index contributed by atoms with van der Waals surface area (Å²) in [5.41, 5.74) is -0.0532. The lowest BCUT2D eigenvalue weighted by atomic mass is 9.84. The Kier molecular flexibility index (Phi) is 2.80. The highest BCUT2D eigenvalue weighted by molar-refractivity contribution is 5.66. The Bertz CT molecular complexity index is 210. The van der Waals surface area contributed by atoms with E-state index in [1.165, 1.54) is 38.5 Å². The molecule has 0 bridgehead atoms. The number of carbonyl (C=O) groups excluding carboxylic acids is 1. The molecule has 14 heavy (non-hydrogen) atoms. The summed E-state index contributed by atoms with van der Waals surface area (Å²) in [6, 6.07) is 0. The molecular formula is C12H20O2. The zero-order valence-electron chi connectivity index (χ0n) is 9.05. The minimum absolute atomic E-state index is 0.0532. The lowest BCUT2D eigenvalue weighted by molar-refractivity contribution is -0.162. The second kappa shape index (κ2) is 3.92. The average Bonchev–Trinajstić information content (AvgIpc) is 2.69. The Morgan fingerprint density at radius 1 is 1.14 bits per heavy atom. The Labute approximate surface area is 86.0 Å². The fraction of sp³-hybridized carbons (Fsp3) is 0.917. The Morgan fingerprint density at radius 3 is 2.21 bits per heavy atom. The first-order valence-corrected chi connectivity index (χ1v) is 5.92. The average molecular weight is 196 g/mol. The third-order valence-corrected chi connectivity index (χ3v) is 3.90. The number of carbonyl (C=O) groups is 1. The maximum absolute atomic E-state index is 11.1. The van der Waals surface area contributed by atoms with Gasteiger partial charge in [0.15, 0.2) is 0 Å². The van der Waals surface area contributed by atoms with Crippen LogP contribution in [0.3, 0.4) is 0 Å². The Hall–Kier alpha value is -0.530. The van der Waals surface area contributed by atoms with E-state index in [0.717, 1.165) is 12.8 Å². The number of ether oxygens (including phenoxy) is 1. The maximum atomic E-state index is 11.1. The lowest BCUT2D eigenvalue weighted by Gasteiger charge is -2.34. The molecule has 0 aliphatic heterocycles. The van der Waals surface area contributed by atoms with Crippen molar-refractivity contribution >= 4 is 5.97 Å². The zero-order valence-corrected chi connectivity index (χ0v) is 9.05. The number of hydrogen-bond acceptors (Lipinski definition) is 2. The monoisotopic (exact) mass is 196 g/mol. The highest BCUT2D eigenvalue weighted by Gasteiger charge is 2.44. The van der Waals surface area contributed by atoms with Crippen LogP contribution in [0.4, 0.5) is 0 Å². The minimum atomic E-state index is -0.0844. The van der Waals surface area contributed by atoms with E-state index in [2.05, 4.69) is 0 Å². The quantitative estimate of drug-likeness (QED) is 0.634. The van der Waals surface area contributed by atoms with Crippen LogP contribution in [0.1, 0.15) is 58.3 Å². The van der Waals surface area contributed by atoms with Crippen molar-refractivity contribution in [2.45, 2.75) is 63.9 Å². The van der Waals surface area contributed by atoms with Crippen molar-refractivity contribution in [3.8, 4) is 0 Å². The second-order valence-corrected chi connectivity index (χ2v) is 4.85. The van der Waals surface area contributed by atoms with Crippen molar-refractivity contribution in [2.24, 2.45) is 5.92 Å². The summed E-state index contributed by atoms with van der Waals surface area (Å²) in [6.07, 6.45) is 9.89. The minimum Gasteiger partial charge on any atom is -0.459 e. The molecule has 2 saturated carbocycles. The molecule has 0 heterocycles. The largest absolute Gasteiger partial charge is 0.459 e. The molecule has 0 N–H and O–H groups in total. The molecule has 0 atom stereocenters. The first kappa shape index (κ1) is 10.0. The Morgan fingerprint density at radius 2 is 1.71 bits per heavy atom. The summed E-state index contributed by atoms with van der Waals surface area (Å²) in [5, 5.41) is 0. The van der Waals surface area contributed by atoms with Crippen LogP contribution in [0.5, 0.6) is 0 Å². The predicted molar refractivity (Wildman–Crippen MR) is 54.9 cm³/mol. The van der Waals surface area contributed by atoms with Crippen LogP contribution in [0.25, 0.3) is 0 Å². The van der Waals surface area contributed by atoms with Gasteiger partial charge in [-0.05, 0) is 44.4 Å². The third-order valence-electron chi connectivity index (χ3n) is 3.90. The molecule has 2 nitrogen and oxygen atoms in total. The smallest absolute Gasteiger partial charge is 0.303 e. The van der Waals surface area contributed by atoms with E-state index in [4.69, 9.17) is 4.74 Å². The van der Waals surface area contributed by atoms with Crippen molar-refractivity contribution in [1.29, 1.82) is 0 Å². The van der Waals surface area contributed by atoms with E-state index >= 15 is 0 Å². The molecule has 0 saturated heterocycles. The van der Waals surface area contributed by atoms with Gasteiger partial charge in [-0.15, -0.1) is 0 Å². The fourth-order valence-corrected chi connectivity index (χ4v) is 3.31. The van der Waals surface area contributed by atoms with Gasteiger partial charge in [-0.3, -0.25) is 4.79 Å². The van der Waals surface area contributed by atoms with Gasteiger partial charge in [0, 0.05) is 6.92 Å². The molecule has 0 aromatic heterocycles. The van der Waals surface area contributed by atoms with Gasteiger partial charge in [0.05, 0.1) is 0 Å². The van der Waals surface area contributed by atoms with Crippen LogP contribution in [0.15, 0.2) is 0 Å². The SMILES string of the molecule is CC(=O)OC1(C2CCCC2)CCCC1. The van der Waals surface area contributed by atoms with E-state index in [9.17, 15) is 4.79 Å². The van der Waals surface area contributed by atoms with Crippen molar-refractivity contribution in [3.63, 3.8) is 0 Å². The van der Waals surface area contributed by atoms with Crippen molar-refractivity contribution in [1.82, 2.24) is 0 Å². The molecule has 0 aromatic carbocycles. The van der Waals surface area contributed by atoms with Crippen LogP contribution in [0.2, 0.25) is 0 Å². The summed E-state index contributed by atoms with van der Waals surface area (Å²) in [6.45, 7) is 1.55. The van der Waals surface area contributed by atoms with Gasteiger partial charge in [0.2, 0.25) is 0 Å². The van der Waals surface area contributed by atoms with Crippen LogP contribution < -0.4 is 0 Å². The maximum Gasteiger partial charge on any atom is 0.303 e. The summed E-state index contributed by atoms with van der Waals surface area (Å²) < 4.78 is 5.64. The molecule has 2 aliphatic carbocycles. The summed E-state index contributed by atoms with van der Waals surface area (Å²) in [5.74, 6) is 0.577. The molecular weight excluding hydrogens is 176 g/mol. The second-order valence-electron chi connectivity index (χ2n) is 4.85. The van der Waals surface area contributed by atoms with E-state index < -0.39 is 0 Å². The number of rotatable bonds is 2. The van der Waals surface area contributed by atoms with Crippen molar-refractivity contribution in [3.05, 3.63) is 0 Å². The van der Waals surface area contributed by atoms with Crippen LogP contribution >= 0.6 is 0 Å². The molecule has 80 valence electrons. The zero-order chi connectivity index (χ0) is 10.0. The van der Waals surface area contributed by atoms with Crippen LogP contribution in [-0.2, 0) is 9.53 Å². The van der Waals surface area contributed by atoms with Crippen LogP contribution in [-0.4, -0.2) is 11.6 Å². The highest BCUT2D eigenvalue weighted by Crippen LogP contribution is 2.46. The van der Waals surface area contributed by atoms with Gasteiger partial charge in [-0.2, -0.15) is 0 Å². The third kappa shape index (κ3) is 1.79. The van der Waals surface area contributed by atoms with E-state index in [1.807, 2.05) is 0 Å². The van der Waals surface area contributed by atoms with Gasteiger partial charge < -0.3 is 4.74 Å². The topological polar surface area (TPSA) is 26.3 Å².